The average Bonchev–Trinajstić information content (AvgIpc) is 2.66. The van der Waals surface area contributed by atoms with Gasteiger partial charge in [-0.25, -0.2) is 0 Å². The third-order valence-electron chi connectivity index (χ3n) is 5.40. The summed E-state index contributed by atoms with van der Waals surface area (Å²) in [5, 5.41) is 5.26. The second-order valence-corrected chi connectivity index (χ2v) is 7.95. The molecule has 0 spiro atoms. The number of fused-ring (bicyclic) bond motifs is 2. The van der Waals surface area contributed by atoms with Crippen molar-refractivity contribution in [3.63, 3.8) is 0 Å². The van der Waals surface area contributed by atoms with Crippen LogP contribution in [0.25, 0.3) is 32.7 Å². The fraction of sp³-hybridized carbons (Fsp3) is 0.231. The summed E-state index contributed by atoms with van der Waals surface area (Å²) in [6.07, 6.45) is 0. The Labute approximate surface area is 156 Å². The molecule has 0 aliphatic rings. The van der Waals surface area contributed by atoms with Crippen LogP contribution in [0.1, 0.15) is 50.7 Å². The molecule has 26 heavy (non-hydrogen) atoms. The van der Waals surface area contributed by atoms with Crippen molar-refractivity contribution in [2.24, 2.45) is 0 Å². The Morgan fingerprint density at radius 1 is 0.423 bits per heavy atom. The molecule has 4 aromatic rings. The SMILES string of the molecule is CC(C)c1ccc2cc(-c3ccc4cc(C(C)C)ccc4c3)ccc2c1. The molecule has 0 aliphatic heterocycles. The Hall–Kier alpha value is -2.60. The van der Waals surface area contributed by atoms with Gasteiger partial charge in [0.25, 0.3) is 0 Å². The van der Waals surface area contributed by atoms with Crippen LogP contribution in [0.3, 0.4) is 0 Å². The van der Waals surface area contributed by atoms with Gasteiger partial charge >= 0.3 is 0 Å². The van der Waals surface area contributed by atoms with E-state index in [0.717, 1.165) is 0 Å². The second-order valence-electron chi connectivity index (χ2n) is 7.95. The first kappa shape index (κ1) is 16.8. The molecule has 0 atom stereocenters. The molecule has 0 nitrogen and oxygen atoms in total. The maximum absolute atomic E-state index is 2.32. The van der Waals surface area contributed by atoms with Crippen LogP contribution in [0, 0.1) is 0 Å². The average molecular weight is 338 g/mol. The van der Waals surface area contributed by atoms with E-state index in [0.29, 0.717) is 11.8 Å². The lowest BCUT2D eigenvalue weighted by molar-refractivity contribution is 0.868. The molecular weight excluding hydrogens is 312 g/mol. The molecule has 0 amide bonds. The van der Waals surface area contributed by atoms with Crippen LogP contribution in [0.4, 0.5) is 0 Å². The maximum atomic E-state index is 2.32. The monoisotopic (exact) mass is 338 g/mol. The van der Waals surface area contributed by atoms with E-state index in [2.05, 4.69) is 100 Å². The van der Waals surface area contributed by atoms with Crippen molar-refractivity contribution in [2.75, 3.05) is 0 Å². The Bertz CT molecular complexity index is 994. The fourth-order valence-electron chi connectivity index (χ4n) is 3.61. The van der Waals surface area contributed by atoms with Gasteiger partial charge in [0.05, 0.1) is 0 Å². The van der Waals surface area contributed by atoms with E-state index in [9.17, 15) is 0 Å². The predicted octanol–water partition coefficient (Wildman–Crippen LogP) is 7.91. The molecule has 0 aliphatic carbocycles. The maximum Gasteiger partial charge on any atom is -0.0177 e. The molecule has 0 bridgehead atoms. The first-order chi connectivity index (χ1) is 12.5. The van der Waals surface area contributed by atoms with Crippen molar-refractivity contribution >= 4 is 21.5 Å². The molecule has 0 heterocycles. The minimum absolute atomic E-state index is 0.565. The van der Waals surface area contributed by atoms with Crippen molar-refractivity contribution in [1.82, 2.24) is 0 Å². The van der Waals surface area contributed by atoms with Crippen molar-refractivity contribution in [1.29, 1.82) is 0 Å². The Balaban J connectivity index is 1.76. The van der Waals surface area contributed by atoms with Crippen LogP contribution in [0.15, 0.2) is 72.8 Å². The topological polar surface area (TPSA) is 0 Å². The third-order valence-corrected chi connectivity index (χ3v) is 5.40. The number of benzene rings is 4. The van der Waals surface area contributed by atoms with E-state index >= 15 is 0 Å². The molecule has 130 valence electrons. The molecule has 0 unspecified atom stereocenters. The molecular formula is C26H26. The van der Waals surface area contributed by atoms with E-state index in [-0.39, 0.29) is 0 Å². The third kappa shape index (κ3) is 3.12. The first-order valence-electron chi connectivity index (χ1n) is 9.59. The van der Waals surface area contributed by atoms with Crippen LogP contribution in [-0.2, 0) is 0 Å². The van der Waals surface area contributed by atoms with E-state index in [1.54, 1.807) is 0 Å². The standard InChI is InChI=1S/C26H26/c1-17(2)19-5-7-23-15-25(11-9-21(23)13-19)26-12-10-22-14-20(18(3)4)6-8-24(22)16-26/h5-18H,1-4H3. The zero-order chi connectivity index (χ0) is 18.3. The van der Waals surface area contributed by atoms with Gasteiger partial charge in [0, 0.05) is 0 Å². The van der Waals surface area contributed by atoms with Gasteiger partial charge < -0.3 is 0 Å². The van der Waals surface area contributed by atoms with Crippen molar-refractivity contribution < 1.29 is 0 Å². The van der Waals surface area contributed by atoms with Gasteiger partial charge in [-0.1, -0.05) is 88.4 Å². The van der Waals surface area contributed by atoms with Crippen molar-refractivity contribution in [2.45, 2.75) is 39.5 Å². The quantitative estimate of drug-likeness (QED) is 0.356. The van der Waals surface area contributed by atoms with Crippen LogP contribution >= 0.6 is 0 Å². The van der Waals surface area contributed by atoms with Crippen LogP contribution < -0.4 is 0 Å². The number of hydrogen-bond acceptors (Lipinski definition) is 0. The number of rotatable bonds is 3. The van der Waals surface area contributed by atoms with E-state index in [4.69, 9.17) is 0 Å². The summed E-state index contributed by atoms with van der Waals surface area (Å²) in [6.45, 7) is 8.98. The fourth-order valence-corrected chi connectivity index (χ4v) is 3.61. The molecule has 4 aromatic carbocycles. The summed E-state index contributed by atoms with van der Waals surface area (Å²) in [6, 6.07) is 27.3. The zero-order valence-electron chi connectivity index (χ0n) is 16.1. The summed E-state index contributed by atoms with van der Waals surface area (Å²) in [5.41, 5.74) is 5.36. The summed E-state index contributed by atoms with van der Waals surface area (Å²) in [7, 11) is 0. The molecule has 0 heteroatoms. The Morgan fingerprint density at radius 3 is 1.15 bits per heavy atom. The largest absolute Gasteiger partial charge is 0.0587 e. The van der Waals surface area contributed by atoms with Gasteiger partial charge in [-0.05, 0) is 67.8 Å². The van der Waals surface area contributed by atoms with Crippen LogP contribution in [-0.4, -0.2) is 0 Å². The van der Waals surface area contributed by atoms with Gasteiger partial charge in [0.2, 0.25) is 0 Å². The summed E-state index contributed by atoms with van der Waals surface area (Å²) >= 11 is 0. The van der Waals surface area contributed by atoms with Crippen LogP contribution in [0.2, 0.25) is 0 Å². The highest BCUT2D eigenvalue weighted by Crippen LogP contribution is 2.30. The molecule has 0 radical (unpaired) electrons. The van der Waals surface area contributed by atoms with Gasteiger partial charge in [-0.2, -0.15) is 0 Å². The number of hydrogen-bond donors (Lipinski definition) is 0. The van der Waals surface area contributed by atoms with E-state index in [1.165, 1.54) is 43.8 Å². The van der Waals surface area contributed by atoms with Crippen molar-refractivity contribution in [3.8, 4) is 11.1 Å². The lowest BCUT2D eigenvalue weighted by Gasteiger charge is -2.10. The minimum atomic E-state index is 0.565. The molecule has 0 saturated carbocycles. The highest BCUT2D eigenvalue weighted by molar-refractivity contribution is 5.91. The van der Waals surface area contributed by atoms with E-state index in [1.807, 2.05) is 0 Å². The van der Waals surface area contributed by atoms with Gasteiger partial charge in [-0.3, -0.25) is 0 Å². The highest BCUT2D eigenvalue weighted by Gasteiger charge is 2.05. The molecule has 0 N–H and O–H groups in total. The molecule has 0 aromatic heterocycles. The van der Waals surface area contributed by atoms with E-state index < -0.39 is 0 Å². The Kier molecular flexibility index (Phi) is 4.28. The summed E-state index contributed by atoms with van der Waals surface area (Å²) in [5.74, 6) is 1.13. The second kappa shape index (κ2) is 6.61. The molecule has 0 saturated heterocycles. The summed E-state index contributed by atoms with van der Waals surface area (Å²) in [4.78, 5) is 0. The zero-order valence-corrected chi connectivity index (χ0v) is 16.1. The van der Waals surface area contributed by atoms with Crippen molar-refractivity contribution in [3.05, 3.63) is 83.9 Å². The Morgan fingerprint density at radius 2 is 0.769 bits per heavy atom. The lowest BCUT2D eigenvalue weighted by Crippen LogP contribution is -1.88. The van der Waals surface area contributed by atoms with Gasteiger partial charge in [0.15, 0.2) is 0 Å². The normalized spacial score (nSPS) is 11.8. The summed E-state index contributed by atoms with van der Waals surface area (Å²) < 4.78 is 0. The van der Waals surface area contributed by atoms with Gasteiger partial charge in [-0.15, -0.1) is 0 Å². The van der Waals surface area contributed by atoms with Crippen LogP contribution in [0.5, 0.6) is 0 Å². The lowest BCUT2D eigenvalue weighted by atomic mass is 9.94. The smallest absolute Gasteiger partial charge is 0.0177 e. The first-order valence-corrected chi connectivity index (χ1v) is 9.59. The minimum Gasteiger partial charge on any atom is -0.0587 e. The predicted molar refractivity (Wildman–Crippen MR) is 115 cm³/mol. The van der Waals surface area contributed by atoms with Gasteiger partial charge in [0.1, 0.15) is 0 Å². The molecule has 4 rings (SSSR count). The highest BCUT2D eigenvalue weighted by atomic mass is 14.1. The molecule has 0 fully saturated rings.